The fourth-order valence-corrected chi connectivity index (χ4v) is 7.47. The van der Waals surface area contributed by atoms with Crippen LogP contribution in [0.15, 0.2) is 23.6 Å². The Hall–Kier alpha value is -2.09. The number of carbonyl (C=O) groups excluding carboxylic acids is 2. The van der Waals surface area contributed by atoms with Crippen molar-refractivity contribution < 1.29 is 38.1 Å². The van der Waals surface area contributed by atoms with Crippen LogP contribution in [-0.4, -0.2) is 45.3 Å². The monoisotopic (exact) mass is 452 g/mol. The third kappa shape index (κ3) is 2.50. The Balaban J connectivity index is 1.89. The van der Waals surface area contributed by atoms with Gasteiger partial charge in [0.2, 0.25) is 5.60 Å². The molecule has 0 amide bonds. The quantitative estimate of drug-likeness (QED) is 0.634. The van der Waals surface area contributed by atoms with Crippen LogP contribution in [0.5, 0.6) is 0 Å². The zero-order valence-electron chi connectivity index (χ0n) is 18.8. The number of ketones is 1. The van der Waals surface area contributed by atoms with Crippen molar-refractivity contribution in [3.05, 3.63) is 23.6 Å². The number of hydrogen-bond donors (Lipinski definition) is 2. The van der Waals surface area contributed by atoms with Gasteiger partial charge in [0.05, 0.1) is 6.10 Å². The van der Waals surface area contributed by atoms with Crippen molar-refractivity contribution >= 4 is 17.7 Å². The molecule has 0 aliphatic heterocycles. The van der Waals surface area contributed by atoms with Crippen molar-refractivity contribution in [3.8, 4) is 0 Å². The molecule has 2 saturated carbocycles. The van der Waals surface area contributed by atoms with Gasteiger partial charge in [-0.2, -0.15) is 0 Å². The Morgan fingerprint density at radius 3 is 2.53 bits per heavy atom. The Labute approximate surface area is 185 Å². The fraction of sp³-hybridized carbons (Fsp3) is 0.708. The number of halogens is 2. The zero-order valence-corrected chi connectivity index (χ0v) is 18.8. The SMILES string of the molecule is CCC(=O)O[C@]1(C(=O)O)[C@H](C)C[C@H]2[C@@H]3CC(F)=C4CC(=O)C=C[C@]4(C)[C@@]3(F)[C@@H](O)C[C@@]21C. The predicted octanol–water partition coefficient (Wildman–Crippen LogP) is 3.68. The second-order valence-electron chi connectivity index (χ2n) is 10.4. The van der Waals surface area contributed by atoms with Crippen molar-refractivity contribution in [3.63, 3.8) is 0 Å². The van der Waals surface area contributed by atoms with E-state index in [1.807, 2.05) is 0 Å². The zero-order chi connectivity index (χ0) is 23.9. The van der Waals surface area contributed by atoms with Gasteiger partial charge < -0.3 is 14.9 Å². The molecule has 6 nitrogen and oxygen atoms in total. The van der Waals surface area contributed by atoms with Gasteiger partial charge in [-0.25, -0.2) is 13.6 Å². The summed E-state index contributed by atoms with van der Waals surface area (Å²) in [6, 6.07) is 0. The van der Waals surface area contributed by atoms with Gasteiger partial charge in [0.1, 0.15) is 5.83 Å². The normalized spacial score (nSPS) is 47.5. The molecule has 4 rings (SSSR count). The second-order valence-corrected chi connectivity index (χ2v) is 10.4. The van der Waals surface area contributed by atoms with Gasteiger partial charge in [0.15, 0.2) is 11.5 Å². The molecule has 8 heteroatoms. The number of rotatable bonds is 3. The number of carboxylic acids is 1. The van der Waals surface area contributed by atoms with E-state index in [1.165, 1.54) is 19.1 Å². The maximum atomic E-state index is 17.1. The highest BCUT2D eigenvalue weighted by Crippen LogP contribution is 2.71. The molecular formula is C24H30F2O6. The highest BCUT2D eigenvalue weighted by atomic mass is 19.1. The van der Waals surface area contributed by atoms with E-state index in [-0.39, 0.29) is 43.5 Å². The van der Waals surface area contributed by atoms with Gasteiger partial charge in [-0.15, -0.1) is 0 Å². The van der Waals surface area contributed by atoms with Gasteiger partial charge in [0.25, 0.3) is 0 Å². The van der Waals surface area contributed by atoms with Crippen LogP contribution >= 0.6 is 0 Å². The van der Waals surface area contributed by atoms with Crippen molar-refractivity contribution in [2.75, 3.05) is 0 Å². The summed E-state index contributed by atoms with van der Waals surface area (Å²) < 4.78 is 38.0. The van der Waals surface area contributed by atoms with E-state index < -0.39 is 63.7 Å². The fourth-order valence-electron chi connectivity index (χ4n) is 7.47. The Kier molecular flexibility index (Phi) is 5.02. The van der Waals surface area contributed by atoms with Crippen LogP contribution in [0.3, 0.4) is 0 Å². The Bertz CT molecular complexity index is 958. The standard InChI is InChI=1S/C24H30F2O6/c1-5-19(29)32-24(20(30)31)12(2)8-14-15-10-17(25)16-9-13(27)6-7-21(16,3)23(15,26)18(28)11-22(14,24)4/h6-7,12,14-15,18,28H,5,8-11H2,1-4H3,(H,30,31)/t12-,14+,15+,18+,21+,22+,23+,24+/m1/s1. The highest BCUT2D eigenvalue weighted by Gasteiger charge is 2.78. The topological polar surface area (TPSA) is 101 Å². The Morgan fingerprint density at radius 2 is 1.94 bits per heavy atom. The summed E-state index contributed by atoms with van der Waals surface area (Å²) in [5.41, 5.74) is -7.01. The summed E-state index contributed by atoms with van der Waals surface area (Å²) in [6.45, 7) is 6.32. The first-order valence-corrected chi connectivity index (χ1v) is 11.2. The molecule has 0 bridgehead atoms. The van der Waals surface area contributed by atoms with E-state index in [4.69, 9.17) is 4.74 Å². The first-order valence-electron chi connectivity index (χ1n) is 11.2. The number of fused-ring (bicyclic) bond motifs is 5. The number of alkyl halides is 1. The molecule has 0 heterocycles. The molecule has 0 aromatic heterocycles. The van der Waals surface area contributed by atoms with E-state index in [0.29, 0.717) is 0 Å². The van der Waals surface area contributed by atoms with Crippen molar-refractivity contribution in [2.24, 2.45) is 28.6 Å². The molecule has 0 aromatic carbocycles. The van der Waals surface area contributed by atoms with Crippen LogP contribution in [-0.2, 0) is 19.1 Å². The van der Waals surface area contributed by atoms with Crippen LogP contribution < -0.4 is 0 Å². The highest BCUT2D eigenvalue weighted by molar-refractivity contribution is 5.93. The molecule has 4 aliphatic rings. The van der Waals surface area contributed by atoms with E-state index in [1.54, 1.807) is 20.8 Å². The number of aliphatic carboxylic acids is 1. The van der Waals surface area contributed by atoms with E-state index in [9.17, 15) is 24.6 Å². The summed E-state index contributed by atoms with van der Waals surface area (Å²) in [5, 5.41) is 21.5. The van der Waals surface area contributed by atoms with Crippen LogP contribution in [0.25, 0.3) is 0 Å². The predicted molar refractivity (Wildman–Crippen MR) is 110 cm³/mol. The molecule has 8 atom stereocenters. The van der Waals surface area contributed by atoms with Crippen LogP contribution in [0.4, 0.5) is 8.78 Å². The molecule has 32 heavy (non-hydrogen) atoms. The molecule has 2 N–H and O–H groups in total. The summed E-state index contributed by atoms with van der Waals surface area (Å²) in [5.74, 6) is -5.28. The number of aliphatic hydroxyl groups excluding tert-OH is 1. The van der Waals surface area contributed by atoms with Crippen LogP contribution in [0, 0.1) is 28.6 Å². The Morgan fingerprint density at radius 1 is 1.28 bits per heavy atom. The molecule has 4 aliphatic carbocycles. The van der Waals surface area contributed by atoms with E-state index in [0.717, 1.165) is 0 Å². The maximum Gasteiger partial charge on any atom is 0.349 e. The number of aliphatic hydroxyl groups is 1. The van der Waals surface area contributed by atoms with Crippen molar-refractivity contribution in [1.29, 1.82) is 0 Å². The van der Waals surface area contributed by atoms with Gasteiger partial charge in [-0.05, 0) is 37.3 Å². The first kappa shape index (κ1) is 23.1. The first-order chi connectivity index (χ1) is 14.8. The molecule has 0 spiro atoms. The minimum atomic E-state index is -2.29. The molecular weight excluding hydrogens is 422 g/mol. The molecule has 0 saturated heterocycles. The van der Waals surface area contributed by atoms with Gasteiger partial charge in [-0.1, -0.05) is 26.8 Å². The van der Waals surface area contributed by atoms with E-state index in [2.05, 4.69) is 0 Å². The van der Waals surface area contributed by atoms with Crippen LogP contribution in [0.2, 0.25) is 0 Å². The second kappa shape index (κ2) is 6.95. The van der Waals surface area contributed by atoms with Gasteiger partial charge in [0, 0.05) is 41.9 Å². The smallest absolute Gasteiger partial charge is 0.349 e. The molecule has 2 fully saturated rings. The number of allylic oxidation sites excluding steroid dienone is 4. The van der Waals surface area contributed by atoms with Gasteiger partial charge >= 0.3 is 11.9 Å². The average molecular weight is 452 g/mol. The number of ether oxygens (including phenoxy) is 1. The van der Waals surface area contributed by atoms with Crippen LogP contribution in [0.1, 0.15) is 59.8 Å². The number of hydrogen-bond acceptors (Lipinski definition) is 5. The summed E-state index contributed by atoms with van der Waals surface area (Å²) in [6.07, 6.45) is 0.311. The number of esters is 1. The third-order valence-electron chi connectivity index (χ3n) is 9.08. The van der Waals surface area contributed by atoms with Crippen molar-refractivity contribution in [1.82, 2.24) is 0 Å². The molecule has 176 valence electrons. The largest absolute Gasteiger partial charge is 0.478 e. The summed E-state index contributed by atoms with van der Waals surface area (Å²) >= 11 is 0. The summed E-state index contributed by atoms with van der Waals surface area (Å²) in [7, 11) is 0. The lowest BCUT2D eigenvalue weighted by molar-refractivity contribution is -0.232. The molecule has 0 radical (unpaired) electrons. The average Bonchev–Trinajstić information content (AvgIpc) is 2.93. The van der Waals surface area contributed by atoms with Gasteiger partial charge in [-0.3, -0.25) is 9.59 Å². The lowest BCUT2D eigenvalue weighted by atomic mass is 9.45. The lowest BCUT2D eigenvalue weighted by Crippen LogP contribution is -2.69. The minimum Gasteiger partial charge on any atom is -0.478 e. The molecule has 0 aromatic rings. The van der Waals surface area contributed by atoms with E-state index >= 15 is 8.78 Å². The number of carbonyl (C=O) groups is 3. The number of carboxylic acid groups (broad SMARTS) is 1. The lowest BCUT2D eigenvalue weighted by Gasteiger charge is -2.62. The third-order valence-corrected chi connectivity index (χ3v) is 9.08. The minimum absolute atomic E-state index is 0.0286. The summed E-state index contributed by atoms with van der Waals surface area (Å²) in [4.78, 5) is 36.8. The van der Waals surface area contributed by atoms with Crippen molar-refractivity contribution in [2.45, 2.75) is 77.2 Å². The maximum absolute atomic E-state index is 17.1. The molecule has 0 unspecified atom stereocenters.